The number of urea groups is 1. The van der Waals surface area contributed by atoms with Gasteiger partial charge >= 0.3 is 12.0 Å². The van der Waals surface area contributed by atoms with Crippen LogP contribution in [0.3, 0.4) is 0 Å². The lowest BCUT2D eigenvalue weighted by molar-refractivity contribution is -0.146. The largest absolute Gasteiger partial charge is 0.479 e. The van der Waals surface area contributed by atoms with Crippen molar-refractivity contribution in [2.45, 2.75) is 31.7 Å². The molecule has 0 saturated carbocycles. The van der Waals surface area contributed by atoms with Gasteiger partial charge in [-0.2, -0.15) is 0 Å². The summed E-state index contributed by atoms with van der Waals surface area (Å²) < 4.78 is 5.40. The molecular formula is C11H20N2O6. The molecule has 0 bridgehead atoms. The molecule has 4 N–H and O–H groups in total. The van der Waals surface area contributed by atoms with Gasteiger partial charge in [0.15, 0.2) is 6.10 Å². The summed E-state index contributed by atoms with van der Waals surface area (Å²) in [6.07, 6.45) is -2.10. The highest BCUT2D eigenvalue weighted by Gasteiger charge is 2.27. The highest BCUT2D eigenvalue weighted by molar-refractivity contribution is 5.75. The highest BCUT2D eigenvalue weighted by Crippen LogP contribution is 2.10. The molecule has 0 radical (unpaired) electrons. The van der Waals surface area contributed by atoms with Crippen LogP contribution in [0, 0.1) is 0 Å². The van der Waals surface area contributed by atoms with E-state index in [-0.39, 0.29) is 38.3 Å². The molecule has 1 heterocycles. The quantitative estimate of drug-likeness (QED) is 0.491. The van der Waals surface area contributed by atoms with Crippen molar-refractivity contribution in [2.75, 3.05) is 26.2 Å². The molecule has 19 heavy (non-hydrogen) atoms. The zero-order chi connectivity index (χ0) is 14.4. The van der Waals surface area contributed by atoms with Crippen LogP contribution in [0.5, 0.6) is 0 Å². The lowest BCUT2D eigenvalue weighted by atomic mass is 10.2. The Labute approximate surface area is 111 Å². The fourth-order valence-corrected chi connectivity index (χ4v) is 1.86. The fraction of sp³-hybridized carbons (Fsp3) is 0.818. The Kier molecular flexibility index (Phi) is 6.00. The monoisotopic (exact) mass is 276 g/mol. The maximum atomic E-state index is 11.8. The molecule has 0 aromatic carbocycles. The maximum absolute atomic E-state index is 11.8. The number of aliphatic carboxylic acids is 1. The van der Waals surface area contributed by atoms with E-state index < -0.39 is 18.2 Å². The smallest absolute Gasteiger partial charge is 0.332 e. The van der Waals surface area contributed by atoms with Gasteiger partial charge < -0.3 is 30.3 Å². The fourth-order valence-electron chi connectivity index (χ4n) is 1.86. The van der Waals surface area contributed by atoms with Crippen LogP contribution in [0.25, 0.3) is 0 Å². The van der Waals surface area contributed by atoms with Crippen molar-refractivity contribution < 1.29 is 29.6 Å². The Bertz CT molecular complexity index is 324. The average Bonchev–Trinajstić information content (AvgIpc) is 2.37. The molecule has 8 heteroatoms. The molecule has 2 unspecified atom stereocenters. The third kappa shape index (κ3) is 5.01. The normalized spacial score (nSPS) is 24.9. The second-order valence-electron chi connectivity index (χ2n) is 4.53. The topological polar surface area (TPSA) is 119 Å². The Morgan fingerprint density at radius 1 is 1.47 bits per heavy atom. The molecule has 110 valence electrons. The molecular weight excluding hydrogens is 256 g/mol. The van der Waals surface area contributed by atoms with Crippen molar-refractivity contribution >= 4 is 12.0 Å². The van der Waals surface area contributed by atoms with E-state index in [2.05, 4.69) is 5.32 Å². The zero-order valence-corrected chi connectivity index (χ0v) is 10.8. The number of morpholine rings is 1. The molecule has 1 fully saturated rings. The number of nitrogens with zero attached hydrogens (tertiary/aromatic N) is 1. The summed E-state index contributed by atoms with van der Waals surface area (Å²) in [5.74, 6) is -1.31. The van der Waals surface area contributed by atoms with E-state index in [9.17, 15) is 9.59 Å². The first-order valence-electron chi connectivity index (χ1n) is 6.14. The van der Waals surface area contributed by atoms with Crippen LogP contribution >= 0.6 is 0 Å². The maximum Gasteiger partial charge on any atom is 0.332 e. The second kappa shape index (κ2) is 7.27. The molecule has 0 spiro atoms. The second-order valence-corrected chi connectivity index (χ2v) is 4.53. The van der Waals surface area contributed by atoms with Crippen LogP contribution in [0.4, 0.5) is 4.79 Å². The SMILES string of the molecule is CC1CN(C(=O)NCC[C@H](O)C(=O)O)CC(CO)O1. The van der Waals surface area contributed by atoms with Crippen molar-refractivity contribution in [1.82, 2.24) is 10.2 Å². The molecule has 1 saturated heterocycles. The van der Waals surface area contributed by atoms with Crippen LogP contribution in [-0.2, 0) is 9.53 Å². The number of aliphatic hydroxyl groups excluding tert-OH is 2. The Morgan fingerprint density at radius 3 is 2.74 bits per heavy atom. The van der Waals surface area contributed by atoms with Crippen molar-refractivity contribution in [2.24, 2.45) is 0 Å². The van der Waals surface area contributed by atoms with E-state index in [1.165, 1.54) is 4.90 Å². The molecule has 0 aromatic heterocycles. The standard InChI is InChI=1S/C11H20N2O6/c1-7-4-13(5-8(6-14)19-7)11(18)12-3-2-9(15)10(16)17/h7-9,14-15H,2-6H2,1H3,(H,12,18)(H,16,17)/t7?,8?,9-/m0/s1. The molecule has 1 aliphatic heterocycles. The average molecular weight is 276 g/mol. The van der Waals surface area contributed by atoms with Crippen molar-refractivity contribution in [3.63, 3.8) is 0 Å². The van der Waals surface area contributed by atoms with Crippen LogP contribution in [0.1, 0.15) is 13.3 Å². The van der Waals surface area contributed by atoms with Gasteiger partial charge in [0.05, 0.1) is 25.4 Å². The van der Waals surface area contributed by atoms with Crippen LogP contribution in [-0.4, -0.2) is 76.8 Å². The van der Waals surface area contributed by atoms with Gasteiger partial charge in [-0.05, 0) is 6.92 Å². The summed E-state index contributed by atoms with van der Waals surface area (Å²) in [6.45, 7) is 2.40. The summed E-state index contributed by atoms with van der Waals surface area (Å²) in [4.78, 5) is 23.7. The minimum Gasteiger partial charge on any atom is -0.479 e. The Balaban J connectivity index is 2.34. The van der Waals surface area contributed by atoms with Gasteiger partial charge in [-0.1, -0.05) is 0 Å². The number of nitrogens with one attached hydrogen (secondary N) is 1. The van der Waals surface area contributed by atoms with Gasteiger partial charge in [-0.25, -0.2) is 9.59 Å². The van der Waals surface area contributed by atoms with E-state index in [1.807, 2.05) is 0 Å². The van der Waals surface area contributed by atoms with Gasteiger partial charge in [-0.3, -0.25) is 0 Å². The Hall–Kier alpha value is -1.38. The predicted molar refractivity (Wildman–Crippen MR) is 64.7 cm³/mol. The van der Waals surface area contributed by atoms with Crippen LogP contribution in [0.15, 0.2) is 0 Å². The van der Waals surface area contributed by atoms with Crippen LogP contribution < -0.4 is 5.32 Å². The van der Waals surface area contributed by atoms with Crippen molar-refractivity contribution in [3.8, 4) is 0 Å². The number of carboxylic acids is 1. The summed E-state index contributed by atoms with van der Waals surface area (Å²) >= 11 is 0. The number of ether oxygens (including phenoxy) is 1. The number of carbonyl (C=O) groups is 2. The molecule has 1 rings (SSSR count). The number of carbonyl (C=O) groups excluding carboxylic acids is 1. The number of rotatable bonds is 5. The van der Waals surface area contributed by atoms with Gasteiger partial charge in [0.2, 0.25) is 0 Å². The van der Waals surface area contributed by atoms with E-state index in [1.54, 1.807) is 6.92 Å². The third-order valence-corrected chi connectivity index (χ3v) is 2.80. The first-order chi connectivity index (χ1) is 8.93. The van der Waals surface area contributed by atoms with E-state index in [4.69, 9.17) is 20.1 Å². The summed E-state index contributed by atoms with van der Waals surface area (Å²) in [5, 5.41) is 29.1. The first-order valence-corrected chi connectivity index (χ1v) is 6.14. The Morgan fingerprint density at radius 2 is 2.16 bits per heavy atom. The van der Waals surface area contributed by atoms with E-state index in [0.717, 1.165) is 0 Å². The van der Waals surface area contributed by atoms with Crippen LogP contribution in [0.2, 0.25) is 0 Å². The lowest BCUT2D eigenvalue weighted by Crippen LogP contribution is -2.53. The molecule has 0 aromatic rings. The summed E-state index contributed by atoms with van der Waals surface area (Å²) in [6, 6.07) is -0.355. The highest BCUT2D eigenvalue weighted by atomic mass is 16.5. The summed E-state index contributed by atoms with van der Waals surface area (Å²) in [7, 11) is 0. The number of hydrogen-bond donors (Lipinski definition) is 4. The first kappa shape index (κ1) is 15.7. The third-order valence-electron chi connectivity index (χ3n) is 2.80. The van der Waals surface area contributed by atoms with Gasteiger partial charge in [-0.15, -0.1) is 0 Å². The number of amides is 2. The molecule has 3 atom stereocenters. The van der Waals surface area contributed by atoms with Gasteiger partial charge in [0.1, 0.15) is 0 Å². The minimum atomic E-state index is -1.48. The number of aliphatic hydroxyl groups is 2. The van der Waals surface area contributed by atoms with E-state index in [0.29, 0.717) is 6.54 Å². The predicted octanol–water partition coefficient (Wildman–Crippen LogP) is -1.39. The number of hydrogen-bond acceptors (Lipinski definition) is 5. The number of carboxylic acid groups (broad SMARTS) is 1. The molecule has 0 aliphatic carbocycles. The van der Waals surface area contributed by atoms with E-state index >= 15 is 0 Å². The minimum absolute atomic E-state index is 0.0512. The zero-order valence-electron chi connectivity index (χ0n) is 10.8. The van der Waals surface area contributed by atoms with Gasteiger partial charge in [0.25, 0.3) is 0 Å². The van der Waals surface area contributed by atoms with Crippen molar-refractivity contribution in [3.05, 3.63) is 0 Å². The molecule has 1 aliphatic rings. The lowest BCUT2D eigenvalue weighted by Gasteiger charge is -2.36. The molecule has 8 nitrogen and oxygen atoms in total. The summed E-state index contributed by atoms with van der Waals surface area (Å²) in [5.41, 5.74) is 0. The van der Waals surface area contributed by atoms with Crippen molar-refractivity contribution in [1.29, 1.82) is 0 Å². The molecule has 2 amide bonds. The van der Waals surface area contributed by atoms with Gasteiger partial charge in [0, 0.05) is 19.5 Å².